The third kappa shape index (κ3) is 7.66. The molecule has 5 nitrogen and oxygen atoms in total. The molecule has 0 aliphatic carbocycles. The molecule has 2 amide bonds. The van der Waals surface area contributed by atoms with E-state index in [1.807, 2.05) is 24.3 Å². The Kier molecular flexibility index (Phi) is 7.97. The van der Waals surface area contributed by atoms with E-state index in [2.05, 4.69) is 10.6 Å². The van der Waals surface area contributed by atoms with E-state index in [1.165, 1.54) is 0 Å². The molecule has 0 unspecified atom stereocenters. The van der Waals surface area contributed by atoms with Crippen LogP contribution in [0.1, 0.15) is 5.56 Å². The fourth-order valence-corrected chi connectivity index (χ4v) is 1.56. The molecule has 3 N–H and O–H groups in total. The van der Waals surface area contributed by atoms with Gasteiger partial charge in [0, 0.05) is 18.1 Å². The molecule has 1 rings (SSSR count). The monoisotopic (exact) mass is 286 g/mol. The Bertz CT molecular complexity index is 371. The number of amides is 2. The second-order valence-corrected chi connectivity index (χ2v) is 4.33. The van der Waals surface area contributed by atoms with Gasteiger partial charge in [-0.15, -0.1) is 0 Å². The number of rotatable bonds is 8. The summed E-state index contributed by atoms with van der Waals surface area (Å²) < 4.78 is 5.01. The van der Waals surface area contributed by atoms with Crippen LogP contribution in [0.5, 0.6) is 0 Å². The maximum Gasteiger partial charge on any atom is 0.314 e. The zero-order chi connectivity index (χ0) is 13.9. The van der Waals surface area contributed by atoms with Gasteiger partial charge in [0.15, 0.2) is 0 Å². The smallest absolute Gasteiger partial charge is 0.314 e. The highest BCUT2D eigenvalue weighted by Crippen LogP contribution is 2.09. The largest absolute Gasteiger partial charge is 0.394 e. The number of carbonyl (C=O) groups is 1. The maximum atomic E-state index is 11.4. The lowest BCUT2D eigenvalue weighted by atomic mass is 10.1. The van der Waals surface area contributed by atoms with Gasteiger partial charge in [-0.1, -0.05) is 23.7 Å². The third-order valence-electron chi connectivity index (χ3n) is 2.38. The topological polar surface area (TPSA) is 70.6 Å². The summed E-state index contributed by atoms with van der Waals surface area (Å²) in [5.74, 6) is 0. The van der Waals surface area contributed by atoms with Crippen LogP contribution < -0.4 is 10.6 Å². The first-order valence-electron chi connectivity index (χ1n) is 6.17. The van der Waals surface area contributed by atoms with Gasteiger partial charge < -0.3 is 20.5 Å². The summed E-state index contributed by atoms with van der Waals surface area (Å²) in [7, 11) is 0. The average molecular weight is 287 g/mol. The standard InChI is InChI=1S/C13H19ClN2O3/c14-12-3-1-11(2-4-12)5-6-15-13(18)16-7-9-19-10-8-17/h1-4,17H,5-10H2,(H2,15,16,18). The van der Waals surface area contributed by atoms with Crippen LogP contribution in [0.25, 0.3) is 0 Å². The number of benzene rings is 1. The molecule has 106 valence electrons. The van der Waals surface area contributed by atoms with Gasteiger partial charge in [0.25, 0.3) is 0 Å². The van der Waals surface area contributed by atoms with Crippen LogP contribution in [0.3, 0.4) is 0 Å². The summed E-state index contributed by atoms with van der Waals surface area (Å²) in [4.78, 5) is 11.4. The first-order valence-corrected chi connectivity index (χ1v) is 6.55. The predicted octanol–water partition coefficient (Wildman–Crippen LogP) is 1.19. The van der Waals surface area contributed by atoms with Crippen molar-refractivity contribution in [1.82, 2.24) is 10.6 Å². The minimum atomic E-state index is -0.221. The second kappa shape index (κ2) is 9.61. The summed E-state index contributed by atoms with van der Waals surface area (Å²) in [6.45, 7) is 1.66. The molecule has 0 fully saturated rings. The van der Waals surface area contributed by atoms with Gasteiger partial charge in [0.1, 0.15) is 0 Å². The summed E-state index contributed by atoms with van der Waals surface area (Å²) >= 11 is 5.78. The Morgan fingerprint density at radius 3 is 2.53 bits per heavy atom. The summed E-state index contributed by atoms with van der Waals surface area (Å²) in [5.41, 5.74) is 1.12. The molecule has 0 spiro atoms. The van der Waals surface area contributed by atoms with E-state index in [4.69, 9.17) is 21.4 Å². The Morgan fingerprint density at radius 1 is 1.16 bits per heavy atom. The van der Waals surface area contributed by atoms with Gasteiger partial charge in [-0.3, -0.25) is 0 Å². The van der Waals surface area contributed by atoms with Crippen LogP contribution in [-0.4, -0.2) is 44.0 Å². The average Bonchev–Trinajstić information content (AvgIpc) is 2.41. The molecular formula is C13H19ClN2O3. The lowest BCUT2D eigenvalue weighted by molar-refractivity contribution is 0.0947. The molecule has 0 atom stereocenters. The number of aliphatic hydroxyl groups is 1. The van der Waals surface area contributed by atoms with E-state index in [9.17, 15) is 4.79 Å². The van der Waals surface area contributed by atoms with Gasteiger partial charge in [0.2, 0.25) is 0 Å². The van der Waals surface area contributed by atoms with E-state index in [-0.39, 0.29) is 12.6 Å². The Hall–Kier alpha value is -1.30. The molecule has 0 saturated carbocycles. The molecule has 0 aromatic heterocycles. The molecular weight excluding hydrogens is 268 g/mol. The van der Waals surface area contributed by atoms with Gasteiger partial charge >= 0.3 is 6.03 Å². The quantitative estimate of drug-likeness (QED) is 0.629. The SMILES string of the molecule is O=C(NCCOCCO)NCCc1ccc(Cl)cc1. The molecule has 1 aromatic carbocycles. The first kappa shape index (κ1) is 15.8. The van der Waals surface area contributed by atoms with Crippen LogP contribution in [0.2, 0.25) is 5.02 Å². The Labute approximate surface area is 117 Å². The van der Waals surface area contributed by atoms with Crippen LogP contribution in [-0.2, 0) is 11.2 Å². The molecule has 0 saturated heterocycles. The molecule has 0 aliphatic rings. The first-order chi connectivity index (χ1) is 9.22. The van der Waals surface area contributed by atoms with E-state index >= 15 is 0 Å². The molecule has 19 heavy (non-hydrogen) atoms. The molecule has 6 heteroatoms. The molecule has 0 bridgehead atoms. The molecule has 0 aliphatic heterocycles. The van der Waals surface area contributed by atoms with Crippen molar-refractivity contribution in [3.05, 3.63) is 34.9 Å². The van der Waals surface area contributed by atoms with Gasteiger partial charge in [-0.25, -0.2) is 4.79 Å². The van der Waals surface area contributed by atoms with Crippen molar-refractivity contribution in [2.75, 3.05) is 32.9 Å². The number of carbonyl (C=O) groups excluding carboxylic acids is 1. The maximum absolute atomic E-state index is 11.4. The highest BCUT2D eigenvalue weighted by molar-refractivity contribution is 6.30. The summed E-state index contributed by atoms with van der Waals surface area (Å²) in [6, 6.07) is 7.31. The number of hydrogen-bond acceptors (Lipinski definition) is 3. The highest BCUT2D eigenvalue weighted by Gasteiger charge is 1.99. The van der Waals surface area contributed by atoms with Crippen LogP contribution >= 0.6 is 11.6 Å². The fraction of sp³-hybridized carbons (Fsp3) is 0.462. The van der Waals surface area contributed by atoms with E-state index in [1.54, 1.807) is 0 Å². The summed E-state index contributed by atoms with van der Waals surface area (Å²) in [6.07, 6.45) is 0.756. The van der Waals surface area contributed by atoms with Crippen molar-refractivity contribution in [3.8, 4) is 0 Å². The number of ether oxygens (including phenoxy) is 1. The Morgan fingerprint density at radius 2 is 1.84 bits per heavy atom. The van der Waals surface area contributed by atoms with Crippen LogP contribution in [0, 0.1) is 0 Å². The lowest BCUT2D eigenvalue weighted by Crippen LogP contribution is -2.38. The van der Waals surface area contributed by atoms with Crippen molar-refractivity contribution in [3.63, 3.8) is 0 Å². The minimum absolute atomic E-state index is 0.00666. The van der Waals surface area contributed by atoms with Gasteiger partial charge in [0.05, 0.1) is 19.8 Å². The number of halogens is 1. The van der Waals surface area contributed by atoms with Crippen molar-refractivity contribution in [2.45, 2.75) is 6.42 Å². The highest BCUT2D eigenvalue weighted by atomic mass is 35.5. The number of hydrogen-bond donors (Lipinski definition) is 3. The zero-order valence-electron chi connectivity index (χ0n) is 10.7. The van der Waals surface area contributed by atoms with Gasteiger partial charge in [-0.05, 0) is 24.1 Å². The second-order valence-electron chi connectivity index (χ2n) is 3.90. The van der Waals surface area contributed by atoms with Crippen LogP contribution in [0.15, 0.2) is 24.3 Å². The summed E-state index contributed by atoms with van der Waals surface area (Å²) in [5, 5.41) is 14.6. The van der Waals surface area contributed by atoms with Gasteiger partial charge in [-0.2, -0.15) is 0 Å². The molecule has 1 aromatic rings. The van der Waals surface area contributed by atoms with Crippen LogP contribution in [0.4, 0.5) is 4.79 Å². The van der Waals surface area contributed by atoms with Crippen molar-refractivity contribution < 1.29 is 14.6 Å². The van der Waals surface area contributed by atoms with Crippen molar-refractivity contribution in [2.24, 2.45) is 0 Å². The normalized spacial score (nSPS) is 10.2. The van der Waals surface area contributed by atoms with E-state index in [0.717, 1.165) is 12.0 Å². The van der Waals surface area contributed by atoms with E-state index in [0.29, 0.717) is 31.3 Å². The number of aliphatic hydroxyl groups excluding tert-OH is 1. The van der Waals surface area contributed by atoms with Crippen molar-refractivity contribution >= 4 is 17.6 Å². The molecule has 0 heterocycles. The third-order valence-corrected chi connectivity index (χ3v) is 2.63. The van der Waals surface area contributed by atoms with E-state index < -0.39 is 0 Å². The predicted molar refractivity (Wildman–Crippen MR) is 74.5 cm³/mol. The zero-order valence-corrected chi connectivity index (χ0v) is 11.4. The minimum Gasteiger partial charge on any atom is -0.394 e. The number of nitrogens with one attached hydrogen (secondary N) is 2. The fourth-order valence-electron chi connectivity index (χ4n) is 1.44. The molecule has 0 radical (unpaired) electrons. The van der Waals surface area contributed by atoms with Crippen molar-refractivity contribution in [1.29, 1.82) is 0 Å². The lowest BCUT2D eigenvalue weighted by Gasteiger charge is -2.08. The number of urea groups is 1. The Balaban J connectivity index is 2.05.